The number of hydrogen-bond donors (Lipinski definition) is 0. The van der Waals surface area contributed by atoms with Crippen molar-refractivity contribution in [2.24, 2.45) is 0 Å². The molecule has 0 N–H and O–H groups in total. The van der Waals surface area contributed by atoms with Gasteiger partial charge in [-0.15, -0.1) is 0 Å². The molecule has 0 heterocycles. The lowest BCUT2D eigenvalue weighted by molar-refractivity contribution is -0.167. The summed E-state index contributed by atoms with van der Waals surface area (Å²) in [5, 5.41) is 0. The summed E-state index contributed by atoms with van der Waals surface area (Å²) in [6.45, 7) is 6.20. The smallest absolute Gasteiger partial charge is 0.306 e. The molecule has 0 aliphatic rings. The van der Waals surface area contributed by atoms with Crippen molar-refractivity contribution in [1.82, 2.24) is 0 Å². The Morgan fingerprint density at radius 3 is 1.18 bits per heavy atom. The Bertz CT molecular complexity index is 1200. The van der Waals surface area contributed by atoms with Gasteiger partial charge < -0.3 is 14.2 Å². The second kappa shape index (κ2) is 42.8. The number of allylic oxidation sites excluding steroid dienone is 18. The van der Waals surface area contributed by atoms with E-state index < -0.39 is 6.10 Å². The van der Waals surface area contributed by atoms with Crippen molar-refractivity contribution in [3.05, 3.63) is 109 Å². The first-order valence-corrected chi connectivity index (χ1v) is 21.5. The Hall–Kier alpha value is -3.93. The van der Waals surface area contributed by atoms with Crippen LogP contribution in [0.25, 0.3) is 0 Å². The number of esters is 3. The van der Waals surface area contributed by atoms with Crippen LogP contribution in [0, 0.1) is 0 Å². The third-order valence-corrected chi connectivity index (χ3v) is 8.50. The predicted octanol–water partition coefficient (Wildman–Crippen LogP) is 13.6. The Kier molecular flexibility index (Phi) is 39.7. The van der Waals surface area contributed by atoms with Gasteiger partial charge in [0.1, 0.15) is 13.2 Å². The molecule has 6 heteroatoms. The Labute approximate surface area is 336 Å². The van der Waals surface area contributed by atoms with Crippen LogP contribution in [-0.4, -0.2) is 37.2 Å². The fraction of sp³-hybridized carbons (Fsp3) is 0.571. The van der Waals surface area contributed by atoms with E-state index in [9.17, 15) is 14.4 Å². The lowest BCUT2D eigenvalue weighted by Crippen LogP contribution is -2.30. The van der Waals surface area contributed by atoms with E-state index in [2.05, 4.69) is 39.0 Å². The largest absolute Gasteiger partial charge is 0.462 e. The van der Waals surface area contributed by atoms with Crippen LogP contribution >= 0.6 is 0 Å². The van der Waals surface area contributed by atoms with Crippen molar-refractivity contribution >= 4 is 17.9 Å². The van der Waals surface area contributed by atoms with Gasteiger partial charge in [0.25, 0.3) is 0 Å². The van der Waals surface area contributed by atoms with Gasteiger partial charge in [-0.05, 0) is 51.4 Å². The van der Waals surface area contributed by atoms with Gasteiger partial charge in [-0.2, -0.15) is 0 Å². The second-order valence-corrected chi connectivity index (χ2v) is 13.7. The molecule has 0 aromatic carbocycles. The van der Waals surface area contributed by atoms with Gasteiger partial charge in [-0.25, -0.2) is 0 Å². The number of rotatable bonds is 36. The summed E-state index contributed by atoms with van der Waals surface area (Å²) in [6, 6.07) is 0. The topological polar surface area (TPSA) is 78.9 Å². The maximum atomic E-state index is 12.7. The first-order chi connectivity index (χ1) is 27.0. The van der Waals surface area contributed by atoms with Crippen molar-refractivity contribution in [3.8, 4) is 0 Å². The van der Waals surface area contributed by atoms with E-state index in [1.165, 1.54) is 51.4 Å². The van der Waals surface area contributed by atoms with Crippen LogP contribution in [0.3, 0.4) is 0 Å². The van der Waals surface area contributed by atoms with Crippen molar-refractivity contribution in [2.45, 2.75) is 168 Å². The first kappa shape index (κ1) is 51.1. The summed E-state index contributed by atoms with van der Waals surface area (Å²) < 4.78 is 16.6. The monoisotopic (exact) mass is 761 g/mol. The second-order valence-electron chi connectivity index (χ2n) is 13.7. The number of hydrogen-bond acceptors (Lipinski definition) is 6. The Morgan fingerprint density at radius 2 is 0.727 bits per heavy atom. The third-order valence-electron chi connectivity index (χ3n) is 8.50. The molecule has 0 amide bonds. The zero-order valence-corrected chi connectivity index (χ0v) is 34.9. The molecule has 0 aromatic heterocycles. The SMILES string of the molecule is CC\C=C/C=C\C=C/C=C\C=C/CCCC(=O)OCC(COC(=O)CCCCCCCCCCCCC)OC(=O)CCCCC\C=C/C=C\C=C/C=C\CC. The molecule has 0 radical (unpaired) electrons. The Balaban J connectivity index is 4.60. The molecule has 0 aliphatic carbocycles. The molecule has 0 aliphatic heterocycles. The van der Waals surface area contributed by atoms with Crippen LogP contribution < -0.4 is 0 Å². The van der Waals surface area contributed by atoms with E-state index >= 15 is 0 Å². The highest BCUT2D eigenvalue weighted by atomic mass is 16.6. The van der Waals surface area contributed by atoms with E-state index in [0.29, 0.717) is 19.3 Å². The summed E-state index contributed by atoms with van der Waals surface area (Å²) in [5.74, 6) is -1.05. The van der Waals surface area contributed by atoms with Gasteiger partial charge in [-0.1, -0.05) is 201 Å². The Morgan fingerprint density at radius 1 is 0.382 bits per heavy atom. The zero-order valence-electron chi connectivity index (χ0n) is 34.9. The molecule has 0 spiro atoms. The van der Waals surface area contributed by atoms with E-state index in [0.717, 1.165) is 57.8 Å². The fourth-order valence-corrected chi connectivity index (χ4v) is 5.30. The van der Waals surface area contributed by atoms with Gasteiger partial charge in [-0.3, -0.25) is 14.4 Å². The van der Waals surface area contributed by atoms with Crippen LogP contribution in [0.2, 0.25) is 0 Å². The van der Waals surface area contributed by atoms with Gasteiger partial charge in [0.2, 0.25) is 0 Å². The van der Waals surface area contributed by atoms with Crippen LogP contribution in [0.1, 0.15) is 162 Å². The van der Waals surface area contributed by atoms with Gasteiger partial charge in [0, 0.05) is 19.3 Å². The number of unbranched alkanes of at least 4 members (excludes halogenated alkanes) is 14. The van der Waals surface area contributed by atoms with Crippen molar-refractivity contribution in [3.63, 3.8) is 0 Å². The highest BCUT2D eigenvalue weighted by Crippen LogP contribution is 2.13. The third kappa shape index (κ3) is 41.1. The van der Waals surface area contributed by atoms with Crippen LogP contribution in [0.4, 0.5) is 0 Å². The van der Waals surface area contributed by atoms with Gasteiger partial charge in [0.15, 0.2) is 6.10 Å². The van der Waals surface area contributed by atoms with Crippen molar-refractivity contribution in [1.29, 1.82) is 0 Å². The lowest BCUT2D eigenvalue weighted by atomic mass is 10.1. The van der Waals surface area contributed by atoms with Crippen LogP contribution in [0.5, 0.6) is 0 Å². The quantitative estimate of drug-likeness (QED) is 0.0274. The van der Waals surface area contributed by atoms with Gasteiger partial charge >= 0.3 is 17.9 Å². The minimum absolute atomic E-state index is 0.118. The number of carbonyl (C=O) groups excluding carboxylic acids is 3. The number of ether oxygens (including phenoxy) is 3. The molecule has 0 aromatic rings. The normalized spacial score (nSPS) is 13.1. The minimum Gasteiger partial charge on any atom is -0.462 e. The molecule has 0 rings (SSSR count). The van der Waals surface area contributed by atoms with Gasteiger partial charge in [0.05, 0.1) is 0 Å². The highest BCUT2D eigenvalue weighted by Gasteiger charge is 2.19. The van der Waals surface area contributed by atoms with E-state index in [-0.39, 0.29) is 44.0 Å². The summed E-state index contributed by atoms with van der Waals surface area (Å²) >= 11 is 0. The highest BCUT2D eigenvalue weighted by molar-refractivity contribution is 5.71. The molecule has 0 bridgehead atoms. The fourth-order valence-electron chi connectivity index (χ4n) is 5.30. The summed E-state index contributed by atoms with van der Waals surface area (Å²) in [4.78, 5) is 37.6. The average Bonchev–Trinajstić information content (AvgIpc) is 3.18. The molecule has 0 saturated heterocycles. The molecule has 1 atom stereocenters. The van der Waals surface area contributed by atoms with E-state index in [1.807, 2.05) is 91.1 Å². The zero-order chi connectivity index (χ0) is 40.1. The number of carbonyl (C=O) groups is 3. The first-order valence-electron chi connectivity index (χ1n) is 21.5. The maximum Gasteiger partial charge on any atom is 0.306 e. The predicted molar refractivity (Wildman–Crippen MR) is 233 cm³/mol. The molecular weight excluding hydrogens is 685 g/mol. The molecule has 308 valence electrons. The van der Waals surface area contributed by atoms with E-state index in [1.54, 1.807) is 0 Å². The minimum atomic E-state index is -0.824. The molecule has 0 fully saturated rings. The van der Waals surface area contributed by atoms with Crippen molar-refractivity contribution < 1.29 is 28.6 Å². The summed E-state index contributed by atoms with van der Waals surface area (Å²) in [7, 11) is 0. The molecule has 1 unspecified atom stereocenters. The van der Waals surface area contributed by atoms with Crippen LogP contribution in [0.15, 0.2) is 109 Å². The average molecular weight is 761 g/mol. The summed E-state index contributed by atoms with van der Waals surface area (Å²) in [6.07, 6.45) is 56.5. The molecule has 0 saturated carbocycles. The molecule has 55 heavy (non-hydrogen) atoms. The van der Waals surface area contributed by atoms with E-state index in [4.69, 9.17) is 14.2 Å². The maximum absolute atomic E-state index is 12.7. The van der Waals surface area contributed by atoms with Crippen LogP contribution in [-0.2, 0) is 28.6 Å². The van der Waals surface area contributed by atoms with Crippen molar-refractivity contribution in [2.75, 3.05) is 13.2 Å². The lowest BCUT2D eigenvalue weighted by Gasteiger charge is -2.18. The standard InChI is InChI=1S/C49H76O6/c1-4-7-10-13-16-19-22-24-27-30-33-36-39-42-48(51)54-45-46(44-53-47(50)41-38-35-32-29-26-21-18-15-12-9-6-3)55-49(52)43-40-37-34-31-28-25-23-20-17-14-11-8-5-2/h7-8,10-11,13-14,16-17,19-20,22-25,27-28,30,33,46H,4-6,9,12,15,18,21,26,29,31-32,34-45H2,1-3H3/b10-7-,11-8-,16-13-,17-14-,22-19-,23-20-,27-24-,28-25-,33-30-. The summed E-state index contributed by atoms with van der Waals surface area (Å²) in [5.41, 5.74) is 0. The molecular formula is C49H76O6. The molecule has 6 nitrogen and oxygen atoms in total.